The van der Waals surface area contributed by atoms with Gasteiger partial charge in [-0.25, -0.2) is 0 Å². The van der Waals surface area contributed by atoms with E-state index in [0.29, 0.717) is 18.8 Å². The number of halogens is 3. The average Bonchev–Trinajstić information content (AvgIpc) is 2.25. The second kappa shape index (κ2) is 5.53. The standard InChI is InChI=1S/C11H16F3NO/c1-2-8-3-4-9(6-15)10(5-8)16-7-11(12,13)14/h8-10H,2-5,7H2,1H3. The summed E-state index contributed by atoms with van der Waals surface area (Å²) in [5.74, 6) is 0.00739. The Balaban J connectivity index is 2.49. The number of rotatable bonds is 3. The van der Waals surface area contributed by atoms with Crippen molar-refractivity contribution in [3.8, 4) is 6.07 Å². The summed E-state index contributed by atoms with van der Waals surface area (Å²) in [5, 5.41) is 8.84. The number of ether oxygens (including phenoxy) is 1. The predicted octanol–water partition coefficient (Wildman–Crippen LogP) is 3.28. The van der Waals surface area contributed by atoms with Crippen LogP contribution in [0.15, 0.2) is 0 Å². The zero-order valence-corrected chi connectivity index (χ0v) is 9.26. The van der Waals surface area contributed by atoms with E-state index in [4.69, 9.17) is 10.00 Å². The van der Waals surface area contributed by atoms with E-state index in [2.05, 4.69) is 0 Å². The van der Waals surface area contributed by atoms with Crippen molar-refractivity contribution in [3.63, 3.8) is 0 Å². The highest BCUT2D eigenvalue weighted by Crippen LogP contribution is 2.33. The van der Waals surface area contributed by atoms with Gasteiger partial charge in [-0.2, -0.15) is 18.4 Å². The van der Waals surface area contributed by atoms with E-state index < -0.39 is 18.9 Å². The lowest BCUT2D eigenvalue weighted by Crippen LogP contribution is -2.34. The summed E-state index contributed by atoms with van der Waals surface area (Å²) < 4.78 is 40.9. The summed E-state index contributed by atoms with van der Waals surface area (Å²) in [6, 6.07) is 2.04. The van der Waals surface area contributed by atoms with Crippen LogP contribution in [0, 0.1) is 23.2 Å². The number of nitrogens with zero attached hydrogens (tertiary/aromatic N) is 1. The maximum atomic E-state index is 12.0. The summed E-state index contributed by atoms with van der Waals surface area (Å²) in [6.45, 7) is 0.768. The van der Waals surface area contributed by atoms with Crippen LogP contribution in [0.3, 0.4) is 0 Å². The molecule has 2 nitrogen and oxygen atoms in total. The Labute approximate surface area is 93.4 Å². The molecule has 1 aliphatic rings. The molecule has 0 aromatic rings. The van der Waals surface area contributed by atoms with Gasteiger partial charge in [0, 0.05) is 0 Å². The van der Waals surface area contributed by atoms with Crippen molar-refractivity contribution in [1.29, 1.82) is 5.26 Å². The van der Waals surface area contributed by atoms with Crippen molar-refractivity contribution >= 4 is 0 Å². The predicted molar refractivity (Wildman–Crippen MR) is 52.5 cm³/mol. The molecule has 1 saturated carbocycles. The highest BCUT2D eigenvalue weighted by Gasteiger charge is 2.35. The molecule has 1 rings (SSSR count). The minimum atomic E-state index is -4.31. The lowest BCUT2D eigenvalue weighted by atomic mass is 9.79. The fourth-order valence-corrected chi connectivity index (χ4v) is 2.12. The van der Waals surface area contributed by atoms with Crippen molar-refractivity contribution in [3.05, 3.63) is 0 Å². The number of hydrogen-bond donors (Lipinski definition) is 0. The smallest absolute Gasteiger partial charge is 0.367 e. The first kappa shape index (κ1) is 13.3. The lowest BCUT2D eigenvalue weighted by molar-refractivity contribution is -0.192. The minimum Gasteiger partial charge on any atom is -0.367 e. The highest BCUT2D eigenvalue weighted by atomic mass is 19.4. The van der Waals surface area contributed by atoms with E-state index in [1.54, 1.807) is 0 Å². The van der Waals surface area contributed by atoms with Crippen LogP contribution in [-0.4, -0.2) is 18.9 Å². The van der Waals surface area contributed by atoms with Crippen LogP contribution in [-0.2, 0) is 4.74 Å². The van der Waals surface area contributed by atoms with Crippen LogP contribution in [0.1, 0.15) is 32.6 Å². The van der Waals surface area contributed by atoms with E-state index in [1.165, 1.54) is 0 Å². The Kier molecular flexibility index (Phi) is 4.60. The first-order valence-electron chi connectivity index (χ1n) is 5.54. The highest BCUT2D eigenvalue weighted by molar-refractivity contribution is 4.93. The summed E-state index contributed by atoms with van der Waals surface area (Å²) in [4.78, 5) is 0. The Morgan fingerprint density at radius 2 is 2.06 bits per heavy atom. The molecule has 0 heterocycles. The molecule has 92 valence electrons. The molecule has 0 aliphatic heterocycles. The summed E-state index contributed by atoms with van der Waals surface area (Å²) >= 11 is 0. The Morgan fingerprint density at radius 3 is 2.56 bits per heavy atom. The van der Waals surface area contributed by atoms with Crippen molar-refractivity contribution in [2.75, 3.05) is 6.61 Å². The Hall–Kier alpha value is -0.760. The second-order valence-corrected chi connectivity index (χ2v) is 4.29. The molecule has 0 aromatic heterocycles. The minimum absolute atomic E-state index is 0.384. The van der Waals surface area contributed by atoms with Gasteiger partial charge in [0.2, 0.25) is 0 Å². The van der Waals surface area contributed by atoms with Crippen molar-refractivity contribution in [2.24, 2.45) is 11.8 Å². The largest absolute Gasteiger partial charge is 0.411 e. The Morgan fingerprint density at radius 1 is 1.38 bits per heavy atom. The molecule has 0 spiro atoms. The van der Waals surface area contributed by atoms with Gasteiger partial charge in [0.15, 0.2) is 0 Å². The maximum Gasteiger partial charge on any atom is 0.411 e. The number of nitriles is 1. The van der Waals surface area contributed by atoms with Gasteiger partial charge in [-0.15, -0.1) is 0 Å². The zero-order chi connectivity index (χ0) is 12.2. The van der Waals surface area contributed by atoms with Crippen LogP contribution in [0.5, 0.6) is 0 Å². The van der Waals surface area contributed by atoms with Crippen molar-refractivity contribution in [2.45, 2.75) is 44.9 Å². The monoisotopic (exact) mass is 235 g/mol. The van der Waals surface area contributed by atoms with E-state index >= 15 is 0 Å². The van der Waals surface area contributed by atoms with Gasteiger partial charge >= 0.3 is 6.18 Å². The van der Waals surface area contributed by atoms with E-state index in [0.717, 1.165) is 12.8 Å². The quantitative estimate of drug-likeness (QED) is 0.752. The molecular formula is C11H16F3NO. The number of hydrogen-bond acceptors (Lipinski definition) is 2. The van der Waals surface area contributed by atoms with Crippen LogP contribution in [0.4, 0.5) is 13.2 Å². The maximum absolute atomic E-state index is 12.0. The molecule has 16 heavy (non-hydrogen) atoms. The molecule has 0 N–H and O–H groups in total. The van der Waals surface area contributed by atoms with Crippen LogP contribution < -0.4 is 0 Å². The SMILES string of the molecule is CCC1CCC(C#N)C(OCC(F)(F)F)C1. The van der Waals surface area contributed by atoms with Crippen molar-refractivity contribution in [1.82, 2.24) is 0 Å². The third-order valence-corrected chi connectivity index (χ3v) is 3.10. The van der Waals surface area contributed by atoms with Crippen LogP contribution in [0.25, 0.3) is 0 Å². The van der Waals surface area contributed by atoms with Gasteiger partial charge in [-0.3, -0.25) is 0 Å². The molecule has 3 atom stereocenters. The van der Waals surface area contributed by atoms with Gasteiger partial charge in [0.05, 0.1) is 18.1 Å². The van der Waals surface area contributed by atoms with E-state index in [1.807, 2.05) is 13.0 Å². The fourth-order valence-electron chi connectivity index (χ4n) is 2.12. The van der Waals surface area contributed by atoms with Gasteiger partial charge < -0.3 is 4.74 Å². The number of alkyl halides is 3. The molecule has 0 saturated heterocycles. The molecule has 0 aromatic carbocycles. The normalized spacial score (nSPS) is 31.1. The molecule has 5 heteroatoms. The molecule has 1 aliphatic carbocycles. The summed E-state index contributed by atoms with van der Waals surface area (Å²) in [7, 11) is 0. The molecular weight excluding hydrogens is 219 g/mol. The first-order valence-corrected chi connectivity index (χ1v) is 5.54. The van der Waals surface area contributed by atoms with Gasteiger partial charge in [0.25, 0.3) is 0 Å². The zero-order valence-electron chi connectivity index (χ0n) is 9.26. The second-order valence-electron chi connectivity index (χ2n) is 4.29. The molecule has 1 fully saturated rings. The fraction of sp³-hybridized carbons (Fsp3) is 0.909. The lowest BCUT2D eigenvalue weighted by Gasteiger charge is -2.32. The molecule has 3 unspecified atom stereocenters. The van der Waals surface area contributed by atoms with Crippen LogP contribution >= 0.6 is 0 Å². The van der Waals surface area contributed by atoms with E-state index in [-0.39, 0.29) is 5.92 Å². The average molecular weight is 235 g/mol. The van der Waals surface area contributed by atoms with Gasteiger partial charge in [-0.1, -0.05) is 13.3 Å². The van der Waals surface area contributed by atoms with E-state index in [9.17, 15) is 13.2 Å². The summed E-state index contributed by atoms with van der Waals surface area (Å²) in [5.41, 5.74) is 0. The molecule has 0 radical (unpaired) electrons. The topological polar surface area (TPSA) is 33.0 Å². The molecule has 0 bridgehead atoms. The van der Waals surface area contributed by atoms with Gasteiger partial charge in [-0.05, 0) is 25.2 Å². The van der Waals surface area contributed by atoms with Crippen molar-refractivity contribution < 1.29 is 17.9 Å². The first-order chi connectivity index (χ1) is 7.46. The third-order valence-electron chi connectivity index (χ3n) is 3.10. The van der Waals surface area contributed by atoms with Gasteiger partial charge in [0.1, 0.15) is 6.61 Å². The Bertz CT molecular complexity index is 259. The molecule has 0 amide bonds. The summed E-state index contributed by atoms with van der Waals surface area (Å²) in [6.07, 6.45) is -1.78. The third kappa shape index (κ3) is 4.01. The van der Waals surface area contributed by atoms with Crippen LogP contribution in [0.2, 0.25) is 0 Å².